The molecule has 0 aromatic heterocycles. The summed E-state index contributed by atoms with van der Waals surface area (Å²) in [5, 5.41) is 9.26. The maximum absolute atomic E-state index is 12.6. The number of carbonyl (C=O) groups excluding carboxylic acids is 1. The Morgan fingerprint density at radius 2 is 1.90 bits per heavy atom. The molecular formula is C16H20O4. The van der Waals surface area contributed by atoms with E-state index in [1.165, 1.54) is 0 Å². The third-order valence-electron chi connectivity index (χ3n) is 4.13. The van der Waals surface area contributed by atoms with E-state index in [1.807, 2.05) is 13.8 Å². The maximum Gasteiger partial charge on any atom is 0.307 e. The van der Waals surface area contributed by atoms with Crippen LogP contribution in [-0.2, 0) is 4.79 Å². The topological polar surface area (TPSA) is 63.6 Å². The highest BCUT2D eigenvalue weighted by atomic mass is 16.5. The first-order valence-electron chi connectivity index (χ1n) is 6.85. The van der Waals surface area contributed by atoms with Gasteiger partial charge in [0.05, 0.1) is 13.0 Å². The Morgan fingerprint density at radius 3 is 2.45 bits per heavy atom. The second-order valence-electron chi connectivity index (χ2n) is 5.68. The molecule has 108 valence electrons. The van der Waals surface area contributed by atoms with Crippen molar-refractivity contribution in [3.8, 4) is 5.75 Å². The molecular weight excluding hydrogens is 256 g/mol. The van der Waals surface area contributed by atoms with Crippen LogP contribution in [0.25, 0.3) is 0 Å². The zero-order chi connectivity index (χ0) is 14.9. The van der Waals surface area contributed by atoms with Crippen LogP contribution >= 0.6 is 0 Å². The Bertz CT molecular complexity index is 535. The van der Waals surface area contributed by atoms with Gasteiger partial charge in [-0.1, -0.05) is 6.92 Å². The van der Waals surface area contributed by atoms with Gasteiger partial charge in [0.2, 0.25) is 0 Å². The standard InChI is InChI=1S/C16H20O4/c1-9-6-12(13(7-9)16(18)19)15(17)11-4-5-14(20-3)10(2)8-11/h4-5,8-9,12-13H,6-7H2,1-3H3,(H,18,19). The first-order chi connectivity index (χ1) is 9.43. The highest BCUT2D eigenvalue weighted by molar-refractivity contribution is 6.00. The molecule has 1 fully saturated rings. The second-order valence-corrected chi connectivity index (χ2v) is 5.68. The van der Waals surface area contributed by atoms with Crippen molar-refractivity contribution >= 4 is 11.8 Å². The molecule has 1 aliphatic rings. The number of aryl methyl sites for hydroxylation is 1. The summed E-state index contributed by atoms with van der Waals surface area (Å²) in [7, 11) is 1.59. The van der Waals surface area contributed by atoms with Gasteiger partial charge < -0.3 is 9.84 Å². The predicted molar refractivity (Wildman–Crippen MR) is 75.1 cm³/mol. The molecule has 2 rings (SSSR count). The summed E-state index contributed by atoms with van der Waals surface area (Å²) in [4.78, 5) is 23.8. The number of ether oxygens (including phenoxy) is 1. The van der Waals surface area contributed by atoms with Crippen LogP contribution in [0.15, 0.2) is 18.2 Å². The molecule has 1 aromatic rings. The van der Waals surface area contributed by atoms with E-state index in [9.17, 15) is 14.7 Å². The number of benzene rings is 1. The van der Waals surface area contributed by atoms with Crippen LogP contribution in [0.1, 0.15) is 35.7 Å². The van der Waals surface area contributed by atoms with Gasteiger partial charge in [0.15, 0.2) is 5.78 Å². The van der Waals surface area contributed by atoms with Crippen LogP contribution in [0.5, 0.6) is 5.75 Å². The Balaban J connectivity index is 2.26. The fourth-order valence-corrected chi connectivity index (χ4v) is 3.10. The third-order valence-corrected chi connectivity index (χ3v) is 4.13. The van der Waals surface area contributed by atoms with E-state index in [-0.39, 0.29) is 11.7 Å². The molecule has 0 spiro atoms. The van der Waals surface area contributed by atoms with Gasteiger partial charge in [0, 0.05) is 11.5 Å². The molecule has 4 nitrogen and oxygen atoms in total. The summed E-state index contributed by atoms with van der Waals surface area (Å²) in [6.07, 6.45) is 1.24. The second kappa shape index (κ2) is 5.65. The molecule has 3 atom stereocenters. The van der Waals surface area contributed by atoms with E-state index in [0.717, 1.165) is 11.3 Å². The van der Waals surface area contributed by atoms with Crippen molar-refractivity contribution < 1.29 is 19.4 Å². The van der Waals surface area contributed by atoms with Gasteiger partial charge in [-0.2, -0.15) is 0 Å². The van der Waals surface area contributed by atoms with Crippen molar-refractivity contribution in [2.75, 3.05) is 7.11 Å². The molecule has 1 N–H and O–H groups in total. The smallest absolute Gasteiger partial charge is 0.307 e. The molecule has 3 unspecified atom stereocenters. The number of Topliss-reactive ketones (excluding diaryl/α,β-unsaturated/α-hetero) is 1. The summed E-state index contributed by atoms with van der Waals surface area (Å²) in [5.41, 5.74) is 1.46. The zero-order valence-corrected chi connectivity index (χ0v) is 12.1. The number of aliphatic carboxylic acids is 1. The number of hydrogen-bond donors (Lipinski definition) is 1. The van der Waals surface area contributed by atoms with Gasteiger partial charge in [0.1, 0.15) is 5.75 Å². The molecule has 0 heterocycles. The Labute approximate surface area is 118 Å². The highest BCUT2D eigenvalue weighted by Gasteiger charge is 2.41. The SMILES string of the molecule is COc1ccc(C(=O)C2CC(C)CC2C(=O)O)cc1C. The first-order valence-corrected chi connectivity index (χ1v) is 6.85. The van der Waals surface area contributed by atoms with Gasteiger partial charge in [-0.25, -0.2) is 0 Å². The van der Waals surface area contributed by atoms with Gasteiger partial charge in [0.25, 0.3) is 0 Å². The van der Waals surface area contributed by atoms with Crippen LogP contribution in [0.3, 0.4) is 0 Å². The number of methoxy groups -OCH3 is 1. The fourth-order valence-electron chi connectivity index (χ4n) is 3.10. The lowest BCUT2D eigenvalue weighted by Crippen LogP contribution is -2.25. The van der Waals surface area contributed by atoms with E-state index >= 15 is 0 Å². The number of carbonyl (C=O) groups is 2. The van der Waals surface area contributed by atoms with Gasteiger partial charge in [-0.15, -0.1) is 0 Å². The van der Waals surface area contributed by atoms with E-state index in [4.69, 9.17) is 4.74 Å². The fraction of sp³-hybridized carbons (Fsp3) is 0.500. The van der Waals surface area contributed by atoms with Gasteiger partial charge >= 0.3 is 5.97 Å². The maximum atomic E-state index is 12.6. The summed E-state index contributed by atoms with van der Waals surface area (Å²) in [5.74, 6) is -0.874. The molecule has 0 radical (unpaired) electrons. The first kappa shape index (κ1) is 14.6. The van der Waals surface area contributed by atoms with Crippen LogP contribution < -0.4 is 4.74 Å². The Kier molecular flexibility index (Phi) is 4.12. The third kappa shape index (κ3) is 2.69. The van der Waals surface area contributed by atoms with Crippen molar-refractivity contribution in [3.05, 3.63) is 29.3 Å². The molecule has 0 amide bonds. The molecule has 1 aromatic carbocycles. The normalized spacial score (nSPS) is 25.4. The Morgan fingerprint density at radius 1 is 1.25 bits per heavy atom. The van der Waals surface area contributed by atoms with Crippen LogP contribution in [0, 0.1) is 24.7 Å². The van der Waals surface area contributed by atoms with Crippen molar-refractivity contribution in [2.24, 2.45) is 17.8 Å². The quantitative estimate of drug-likeness (QED) is 0.859. The van der Waals surface area contributed by atoms with Crippen molar-refractivity contribution in [2.45, 2.75) is 26.7 Å². The lowest BCUT2D eigenvalue weighted by atomic mass is 9.88. The average molecular weight is 276 g/mol. The van der Waals surface area contributed by atoms with Crippen molar-refractivity contribution in [1.82, 2.24) is 0 Å². The minimum Gasteiger partial charge on any atom is -0.496 e. The summed E-state index contributed by atoms with van der Waals surface area (Å²) >= 11 is 0. The minimum absolute atomic E-state index is 0.0625. The summed E-state index contributed by atoms with van der Waals surface area (Å²) in [6.45, 7) is 3.88. The van der Waals surface area contributed by atoms with E-state index in [0.29, 0.717) is 18.4 Å². The van der Waals surface area contributed by atoms with Crippen molar-refractivity contribution in [1.29, 1.82) is 0 Å². The lowest BCUT2D eigenvalue weighted by Gasteiger charge is -2.15. The van der Waals surface area contributed by atoms with Crippen LogP contribution in [-0.4, -0.2) is 24.0 Å². The highest BCUT2D eigenvalue weighted by Crippen LogP contribution is 2.38. The van der Waals surface area contributed by atoms with E-state index < -0.39 is 17.8 Å². The zero-order valence-electron chi connectivity index (χ0n) is 12.1. The Hall–Kier alpha value is -1.84. The van der Waals surface area contributed by atoms with Crippen LogP contribution in [0.2, 0.25) is 0 Å². The summed E-state index contributed by atoms with van der Waals surface area (Å²) < 4.78 is 5.18. The van der Waals surface area contributed by atoms with Crippen LogP contribution in [0.4, 0.5) is 0 Å². The molecule has 4 heteroatoms. The molecule has 0 saturated heterocycles. The van der Waals surface area contributed by atoms with Crippen molar-refractivity contribution in [3.63, 3.8) is 0 Å². The number of hydrogen-bond acceptors (Lipinski definition) is 3. The molecule has 0 bridgehead atoms. The van der Waals surface area contributed by atoms with Gasteiger partial charge in [-0.05, 0) is 49.4 Å². The largest absolute Gasteiger partial charge is 0.496 e. The molecule has 20 heavy (non-hydrogen) atoms. The van der Waals surface area contributed by atoms with E-state index in [1.54, 1.807) is 25.3 Å². The minimum atomic E-state index is -0.863. The number of carboxylic acids is 1. The number of carboxylic acid groups (broad SMARTS) is 1. The predicted octanol–water partition coefficient (Wildman–Crippen LogP) is 2.93. The van der Waals surface area contributed by atoms with E-state index in [2.05, 4.69) is 0 Å². The monoisotopic (exact) mass is 276 g/mol. The molecule has 0 aliphatic heterocycles. The average Bonchev–Trinajstić information content (AvgIpc) is 2.80. The number of ketones is 1. The summed E-state index contributed by atoms with van der Waals surface area (Å²) in [6, 6.07) is 5.26. The lowest BCUT2D eigenvalue weighted by molar-refractivity contribution is -0.142. The van der Waals surface area contributed by atoms with Gasteiger partial charge in [-0.3, -0.25) is 9.59 Å². The molecule has 1 aliphatic carbocycles. The number of rotatable bonds is 4. The molecule has 1 saturated carbocycles.